The Morgan fingerprint density at radius 3 is 2.76 bits per heavy atom. The number of carbonyl (C=O) groups is 2. The van der Waals surface area contributed by atoms with Gasteiger partial charge in [-0.2, -0.15) is 0 Å². The average Bonchev–Trinajstić information content (AvgIpc) is 3.13. The molecule has 17 heavy (non-hydrogen) atoms. The molecule has 5 nitrogen and oxygen atoms in total. The van der Waals surface area contributed by atoms with E-state index < -0.39 is 11.9 Å². The Morgan fingerprint density at radius 2 is 2.12 bits per heavy atom. The van der Waals surface area contributed by atoms with Gasteiger partial charge < -0.3 is 10.1 Å². The third kappa shape index (κ3) is 3.43. The lowest BCUT2D eigenvalue weighted by atomic mass is 10.1. The second kappa shape index (κ2) is 5.49. The number of likely N-dealkylation sites (tertiary alicyclic amines) is 1. The van der Waals surface area contributed by atoms with Gasteiger partial charge >= 0.3 is 11.9 Å². The third-order valence-electron chi connectivity index (χ3n) is 3.31. The molecule has 1 heterocycles. The molecule has 0 aromatic carbocycles. The highest BCUT2D eigenvalue weighted by Crippen LogP contribution is 2.29. The zero-order valence-corrected chi connectivity index (χ0v) is 10.3. The van der Waals surface area contributed by atoms with Crippen LogP contribution in [-0.2, 0) is 14.3 Å². The maximum atomic E-state index is 11.5. The molecule has 96 valence electrons. The van der Waals surface area contributed by atoms with Gasteiger partial charge in [-0.25, -0.2) is 4.79 Å². The van der Waals surface area contributed by atoms with Crippen LogP contribution in [0.4, 0.5) is 0 Å². The molecule has 2 aliphatic rings. The van der Waals surface area contributed by atoms with Crippen LogP contribution in [0.1, 0.15) is 32.6 Å². The van der Waals surface area contributed by atoms with Gasteiger partial charge in [-0.15, -0.1) is 0 Å². The summed E-state index contributed by atoms with van der Waals surface area (Å²) in [6.07, 6.45) is 4.59. The molecular weight excluding hydrogens is 220 g/mol. The van der Waals surface area contributed by atoms with Gasteiger partial charge in [0.25, 0.3) is 0 Å². The molecule has 0 aromatic rings. The molecule has 1 atom stereocenters. The van der Waals surface area contributed by atoms with Crippen molar-refractivity contribution in [3.8, 4) is 0 Å². The lowest BCUT2D eigenvalue weighted by Crippen LogP contribution is -2.50. The minimum absolute atomic E-state index is 0.0984. The van der Waals surface area contributed by atoms with E-state index in [0.29, 0.717) is 0 Å². The highest BCUT2D eigenvalue weighted by Gasteiger charge is 2.33. The predicted molar refractivity (Wildman–Crippen MR) is 62.4 cm³/mol. The molecule has 0 bridgehead atoms. The van der Waals surface area contributed by atoms with Crippen LogP contribution in [0.2, 0.25) is 0 Å². The van der Waals surface area contributed by atoms with E-state index in [1.165, 1.54) is 12.8 Å². The molecule has 1 saturated carbocycles. The molecule has 1 saturated heterocycles. The van der Waals surface area contributed by atoms with E-state index in [0.717, 1.165) is 32.0 Å². The van der Waals surface area contributed by atoms with Crippen molar-refractivity contribution in [1.29, 1.82) is 0 Å². The van der Waals surface area contributed by atoms with Crippen molar-refractivity contribution in [3.05, 3.63) is 0 Å². The van der Waals surface area contributed by atoms with E-state index >= 15 is 0 Å². The zero-order valence-electron chi connectivity index (χ0n) is 10.3. The topological polar surface area (TPSA) is 58.6 Å². The van der Waals surface area contributed by atoms with Gasteiger partial charge in [0.15, 0.2) is 0 Å². The molecule has 0 aromatic heterocycles. The number of nitrogens with one attached hydrogen (secondary N) is 1. The van der Waals surface area contributed by atoms with Crippen LogP contribution in [0.3, 0.4) is 0 Å². The number of carbonyl (C=O) groups excluding carboxylic acids is 2. The Bertz CT molecular complexity index is 302. The smallest absolute Gasteiger partial charge is 0.396 e. The fraction of sp³-hybridized carbons (Fsp3) is 0.833. The molecular formula is C12H20N2O3. The Hall–Kier alpha value is -1.10. The molecule has 2 rings (SSSR count). The maximum Gasteiger partial charge on any atom is 0.396 e. The Kier molecular flexibility index (Phi) is 3.99. The van der Waals surface area contributed by atoms with Crippen molar-refractivity contribution in [2.45, 2.75) is 44.7 Å². The lowest BCUT2D eigenvalue weighted by molar-refractivity contribution is -0.155. The number of hydrogen-bond acceptors (Lipinski definition) is 4. The average molecular weight is 240 g/mol. The number of hydrogen-bond donors (Lipinski definition) is 1. The van der Waals surface area contributed by atoms with Crippen LogP contribution in [0.25, 0.3) is 0 Å². The van der Waals surface area contributed by atoms with E-state index in [1.807, 2.05) is 0 Å². The number of piperidine rings is 1. The van der Waals surface area contributed by atoms with Gasteiger partial charge in [-0.1, -0.05) is 0 Å². The van der Waals surface area contributed by atoms with Crippen LogP contribution < -0.4 is 5.32 Å². The summed E-state index contributed by atoms with van der Waals surface area (Å²) in [5.74, 6) is -1.37. The molecule has 0 unspecified atom stereocenters. The highest BCUT2D eigenvalue weighted by atomic mass is 16.5. The standard InChI is InChI=1S/C12H20N2O3/c1-2-17-12(16)11(15)13-9-4-3-7-14(8-9)10-5-6-10/h9-10H,2-8H2,1H3,(H,13,15)/t9-/m1/s1. The van der Waals surface area contributed by atoms with E-state index in [2.05, 4.69) is 15.0 Å². The molecule has 0 spiro atoms. The summed E-state index contributed by atoms with van der Waals surface area (Å²) in [4.78, 5) is 25.1. The van der Waals surface area contributed by atoms with Gasteiger partial charge in [0.2, 0.25) is 0 Å². The van der Waals surface area contributed by atoms with Crippen LogP contribution in [0, 0.1) is 0 Å². The second-order valence-electron chi connectivity index (χ2n) is 4.76. The second-order valence-corrected chi connectivity index (χ2v) is 4.76. The molecule has 1 amide bonds. The lowest BCUT2D eigenvalue weighted by Gasteiger charge is -2.32. The normalized spacial score (nSPS) is 25.4. The van der Waals surface area contributed by atoms with Crippen molar-refractivity contribution in [2.75, 3.05) is 19.7 Å². The summed E-state index contributed by atoms with van der Waals surface area (Å²) in [6, 6.07) is 0.818. The quantitative estimate of drug-likeness (QED) is 0.569. The van der Waals surface area contributed by atoms with Gasteiger partial charge in [-0.3, -0.25) is 9.69 Å². The van der Waals surface area contributed by atoms with Crippen LogP contribution in [0.5, 0.6) is 0 Å². The SMILES string of the molecule is CCOC(=O)C(=O)N[C@@H]1CCCN(C2CC2)C1. The number of nitrogens with zero attached hydrogens (tertiary/aromatic N) is 1. The first kappa shape index (κ1) is 12.4. The van der Waals surface area contributed by atoms with E-state index in [1.54, 1.807) is 6.92 Å². The molecule has 0 radical (unpaired) electrons. The Balaban J connectivity index is 1.77. The predicted octanol–water partition coefficient (Wildman–Crippen LogP) is 0.293. The molecule has 2 fully saturated rings. The fourth-order valence-corrected chi connectivity index (χ4v) is 2.34. The van der Waals surface area contributed by atoms with Crippen LogP contribution >= 0.6 is 0 Å². The summed E-state index contributed by atoms with van der Waals surface area (Å²) in [6.45, 7) is 3.93. The van der Waals surface area contributed by atoms with E-state index in [-0.39, 0.29) is 12.6 Å². The van der Waals surface area contributed by atoms with Crippen LogP contribution in [-0.4, -0.2) is 48.6 Å². The summed E-state index contributed by atoms with van der Waals surface area (Å²) < 4.78 is 4.67. The first-order valence-electron chi connectivity index (χ1n) is 6.42. The van der Waals surface area contributed by atoms with E-state index in [9.17, 15) is 9.59 Å². The van der Waals surface area contributed by atoms with Crippen LogP contribution in [0.15, 0.2) is 0 Å². The Labute approximate surface area is 101 Å². The first-order chi connectivity index (χ1) is 8.20. The van der Waals surface area contributed by atoms with Crippen molar-refractivity contribution >= 4 is 11.9 Å². The molecule has 1 aliphatic carbocycles. The van der Waals surface area contributed by atoms with Gasteiger partial charge in [0.05, 0.1) is 6.61 Å². The first-order valence-corrected chi connectivity index (χ1v) is 6.42. The highest BCUT2D eigenvalue weighted by molar-refractivity contribution is 6.32. The van der Waals surface area contributed by atoms with Gasteiger partial charge in [0.1, 0.15) is 0 Å². The van der Waals surface area contributed by atoms with Gasteiger partial charge in [-0.05, 0) is 39.2 Å². The maximum absolute atomic E-state index is 11.5. The summed E-state index contributed by atoms with van der Waals surface area (Å²) in [5.41, 5.74) is 0. The van der Waals surface area contributed by atoms with Gasteiger partial charge in [0, 0.05) is 18.6 Å². The summed E-state index contributed by atoms with van der Waals surface area (Å²) in [5, 5.41) is 2.76. The van der Waals surface area contributed by atoms with E-state index in [4.69, 9.17) is 0 Å². The monoisotopic (exact) mass is 240 g/mol. The fourth-order valence-electron chi connectivity index (χ4n) is 2.34. The number of ether oxygens (including phenoxy) is 1. The minimum Gasteiger partial charge on any atom is -0.459 e. The third-order valence-corrected chi connectivity index (χ3v) is 3.31. The summed E-state index contributed by atoms with van der Waals surface area (Å²) in [7, 11) is 0. The largest absolute Gasteiger partial charge is 0.459 e. The number of esters is 1. The van der Waals surface area contributed by atoms with Crippen molar-refractivity contribution in [1.82, 2.24) is 10.2 Å². The molecule has 1 N–H and O–H groups in total. The van der Waals surface area contributed by atoms with Crippen molar-refractivity contribution in [2.24, 2.45) is 0 Å². The number of amides is 1. The van der Waals surface area contributed by atoms with Crippen molar-refractivity contribution in [3.63, 3.8) is 0 Å². The molecule has 5 heteroatoms. The molecule has 1 aliphatic heterocycles. The Morgan fingerprint density at radius 1 is 1.35 bits per heavy atom. The minimum atomic E-state index is -0.768. The zero-order chi connectivity index (χ0) is 12.3. The summed E-state index contributed by atoms with van der Waals surface area (Å²) >= 11 is 0. The van der Waals surface area contributed by atoms with Crippen molar-refractivity contribution < 1.29 is 14.3 Å². The number of rotatable bonds is 3.